The number of nitrogens with zero attached hydrogens (tertiary/aromatic N) is 1. The van der Waals surface area contributed by atoms with Crippen molar-refractivity contribution < 1.29 is 14.2 Å². The lowest BCUT2D eigenvalue weighted by atomic mass is 10.1. The van der Waals surface area contributed by atoms with Crippen molar-refractivity contribution in [3.8, 4) is 17.2 Å². The predicted molar refractivity (Wildman–Crippen MR) is 120 cm³/mol. The zero-order chi connectivity index (χ0) is 21.3. The molecule has 1 aromatic heterocycles. The Labute approximate surface area is 177 Å². The van der Waals surface area contributed by atoms with Gasteiger partial charge in [0.25, 0.3) is 5.56 Å². The average molecular weight is 423 g/mol. The van der Waals surface area contributed by atoms with E-state index in [4.69, 9.17) is 25.8 Å². The van der Waals surface area contributed by atoms with E-state index in [0.29, 0.717) is 27.4 Å². The Kier molecular flexibility index (Phi) is 5.33. The number of aromatic nitrogens is 2. The first-order chi connectivity index (χ1) is 14.5. The minimum atomic E-state index is -0.312. The lowest BCUT2D eigenvalue weighted by molar-refractivity contribution is 0.355. The maximum Gasteiger partial charge on any atom is 0.259 e. The summed E-state index contributed by atoms with van der Waals surface area (Å²) in [6.07, 6.45) is 1.76. The summed E-state index contributed by atoms with van der Waals surface area (Å²) >= 11 is 6.50. The third kappa shape index (κ3) is 3.69. The molecule has 0 bridgehead atoms. The smallest absolute Gasteiger partial charge is 0.259 e. The fourth-order valence-electron chi connectivity index (χ4n) is 3.25. The second-order valence-corrected chi connectivity index (χ2v) is 7.01. The molecule has 1 N–H and O–H groups in total. The van der Waals surface area contributed by atoms with Gasteiger partial charge in [0.2, 0.25) is 0 Å². The van der Waals surface area contributed by atoms with Gasteiger partial charge in [-0.3, -0.25) is 4.79 Å². The molecule has 3 aromatic carbocycles. The van der Waals surface area contributed by atoms with Gasteiger partial charge in [-0.05, 0) is 46.7 Å². The average Bonchev–Trinajstić information content (AvgIpc) is 2.77. The first-order valence-electron chi connectivity index (χ1n) is 9.14. The number of ether oxygens (including phenoxy) is 3. The van der Waals surface area contributed by atoms with Gasteiger partial charge in [0.1, 0.15) is 5.75 Å². The number of nitrogens with one attached hydrogen (secondary N) is 1. The number of hydrogen-bond donors (Lipinski definition) is 1. The lowest BCUT2D eigenvalue weighted by Gasteiger charge is -2.09. The molecule has 4 rings (SSSR count). The summed E-state index contributed by atoms with van der Waals surface area (Å²) in [6.45, 7) is 0. The standard InChI is InChI=1S/C23H19ClN2O4/c1-28-16-7-6-14-8-13(4-5-15(14)10-16)9-18(24)22-25-19-12-21(30-3)20(29-2)11-17(19)23(27)26-22/h4-12H,1-3H3,(H,25,26,27)/b18-9-. The van der Waals surface area contributed by atoms with Gasteiger partial charge < -0.3 is 19.2 Å². The molecular weight excluding hydrogens is 404 g/mol. The Hall–Kier alpha value is -3.51. The minimum Gasteiger partial charge on any atom is -0.497 e. The van der Waals surface area contributed by atoms with E-state index in [1.165, 1.54) is 14.2 Å². The van der Waals surface area contributed by atoms with Gasteiger partial charge in [-0.15, -0.1) is 0 Å². The number of aromatic amines is 1. The van der Waals surface area contributed by atoms with Crippen molar-refractivity contribution in [1.29, 1.82) is 0 Å². The Bertz CT molecular complexity index is 1340. The van der Waals surface area contributed by atoms with Gasteiger partial charge >= 0.3 is 0 Å². The van der Waals surface area contributed by atoms with Crippen LogP contribution in [0.2, 0.25) is 0 Å². The molecule has 0 fully saturated rings. The van der Waals surface area contributed by atoms with E-state index in [-0.39, 0.29) is 11.4 Å². The predicted octanol–water partition coefficient (Wildman–Crippen LogP) is 4.84. The molecule has 0 amide bonds. The third-order valence-electron chi connectivity index (χ3n) is 4.80. The van der Waals surface area contributed by atoms with Gasteiger partial charge in [-0.1, -0.05) is 29.8 Å². The molecule has 0 radical (unpaired) electrons. The molecule has 0 aliphatic heterocycles. The summed E-state index contributed by atoms with van der Waals surface area (Å²) in [6, 6.07) is 15.0. The highest BCUT2D eigenvalue weighted by molar-refractivity contribution is 6.50. The van der Waals surface area contributed by atoms with Crippen LogP contribution in [0.25, 0.3) is 32.8 Å². The van der Waals surface area contributed by atoms with Gasteiger partial charge in [-0.25, -0.2) is 4.98 Å². The second-order valence-electron chi connectivity index (χ2n) is 6.60. The maximum absolute atomic E-state index is 12.6. The fraction of sp³-hybridized carbons (Fsp3) is 0.130. The van der Waals surface area contributed by atoms with E-state index in [1.807, 2.05) is 36.4 Å². The summed E-state index contributed by atoms with van der Waals surface area (Å²) < 4.78 is 15.8. The maximum atomic E-state index is 12.6. The number of methoxy groups -OCH3 is 3. The summed E-state index contributed by atoms with van der Waals surface area (Å²) in [4.78, 5) is 19.8. The summed E-state index contributed by atoms with van der Waals surface area (Å²) in [7, 11) is 4.68. The molecule has 152 valence electrons. The molecule has 7 heteroatoms. The SMILES string of the molecule is COc1ccc2cc(/C=C(\Cl)c3nc4cc(OC)c(OC)cc4c(=O)[nH]3)ccc2c1. The van der Waals surface area contributed by atoms with Crippen LogP contribution in [-0.4, -0.2) is 31.3 Å². The molecule has 0 aliphatic carbocycles. The third-order valence-corrected chi connectivity index (χ3v) is 5.09. The highest BCUT2D eigenvalue weighted by atomic mass is 35.5. The molecule has 6 nitrogen and oxygen atoms in total. The van der Waals surface area contributed by atoms with Crippen LogP contribution in [-0.2, 0) is 0 Å². The van der Waals surface area contributed by atoms with Crippen LogP contribution in [0.5, 0.6) is 17.2 Å². The quantitative estimate of drug-likeness (QED) is 0.498. The van der Waals surface area contributed by atoms with Crippen LogP contribution in [0, 0.1) is 0 Å². The van der Waals surface area contributed by atoms with Crippen molar-refractivity contribution >= 4 is 44.4 Å². The van der Waals surface area contributed by atoms with Gasteiger partial charge in [0.15, 0.2) is 17.3 Å². The van der Waals surface area contributed by atoms with Crippen molar-refractivity contribution in [2.45, 2.75) is 0 Å². The number of rotatable bonds is 5. The van der Waals surface area contributed by atoms with Crippen molar-refractivity contribution in [2.24, 2.45) is 0 Å². The molecule has 0 saturated heterocycles. The monoisotopic (exact) mass is 422 g/mol. The Morgan fingerprint density at radius 2 is 1.63 bits per heavy atom. The van der Waals surface area contributed by atoms with Crippen LogP contribution in [0.4, 0.5) is 0 Å². The zero-order valence-corrected chi connectivity index (χ0v) is 17.4. The summed E-state index contributed by atoms with van der Waals surface area (Å²) in [5, 5.41) is 2.81. The highest BCUT2D eigenvalue weighted by Crippen LogP contribution is 2.31. The largest absolute Gasteiger partial charge is 0.497 e. The molecule has 0 saturated carbocycles. The number of hydrogen-bond acceptors (Lipinski definition) is 5. The molecule has 0 unspecified atom stereocenters. The van der Waals surface area contributed by atoms with Gasteiger partial charge in [-0.2, -0.15) is 0 Å². The molecule has 0 spiro atoms. The number of benzene rings is 3. The molecule has 1 heterocycles. The summed E-state index contributed by atoms with van der Waals surface area (Å²) in [5.74, 6) is 2.02. The lowest BCUT2D eigenvalue weighted by Crippen LogP contribution is -2.11. The van der Waals surface area contributed by atoms with Crippen LogP contribution in [0.1, 0.15) is 11.4 Å². The molecule has 0 aliphatic rings. The van der Waals surface area contributed by atoms with Crippen LogP contribution >= 0.6 is 11.6 Å². The Morgan fingerprint density at radius 3 is 2.37 bits per heavy atom. The number of fused-ring (bicyclic) bond motifs is 2. The topological polar surface area (TPSA) is 73.4 Å². The molecule has 30 heavy (non-hydrogen) atoms. The van der Waals surface area contributed by atoms with Crippen molar-refractivity contribution in [3.63, 3.8) is 0 Å². The minimum absolute atomic E-state index is 0.274. The fourth-order valence-corrected chi connectivity index (χ4v) is 3.47. The normalized spacial score (nSPS) is 11.7. The van der Waals surface area contributed by atoms with Crippen LogP contribution in [0.3, 0.4) is 0 Å². The van der Waals surface area contributed by atoms with E-state index in [9.17, 15) is 4.79 Å². The van der Waals surface area contributed by atoms with Crippen LogP contribution in [0.15, 0.2) is 53.3 Å². The van der Waals surface area contributed by atoms with Crippen molar-refractivity contribution in [1.82, 2.24) is 9.97 Å². The van der Waals surface area contributed by atoms with Crippen molar-refractivity contribution in [2.75, 3.05) is 21.3 Å². The first-order valence-corrected chi connectivity index (χ1v) is 9.51. The van der Waals surface area contributed by atoms with E-state index in [0.717, 1.165) is 22.1 Å². The number of H-pyrrole nitrogens is 1. The van der Waals surface area contributed by atoms with E-state index in [2.05, 4.69) is 9.97 Å². The van der Waals surface area contributed by atoms with Crippen LogP contribution < -0.4 is 19.8 Å². The van der Waals surface area contributed by atoms with E-state index < -0.39 is 0 Å². The second kappa shape index (κ2) is 8.08. The van der Waals surface area contributed by atoms with E-state index >= 15 is 0 Å². The summed E-state index contributed by atoms with van der Waals surface area (Å²) in [5.41, 5.74) is 1.03. The Balaban J connectivity index is 1.76. The zero-order valence-electron chi connectivity index (χ0n) is 16.7. The highest BCUT2D eigenvalue weighted by Gasteiger charge is 2.12. The van der Waals surface area contributed by atoms with Gasteiger partial charge in [0.05, 0.1) is 37.3 Å². The van der Waals surface area contributed by atoms with Crippen molar-refractivity contribution in [3.05, 3.63) is 70.3 Å². The van der Waals surface area contributed by atoms with Gasteiger partial charge in [0, 0.05) is 6.07 Å². The Morgan fingerprint density at radius 1 is 0.933 bits per heavy atom. The van der Waals surface area contributed by atoms with E-state index in [1.54, 1.807) is 25.3 Å². The molecule has 0 atom stereocenters. The number of halogens is 1. The molecular formula is C23H19ClN2O4. The first kappa shape index (κ1) is 19.8. The molecule has 4 aromatic rings.